The lowest BCUT2D eigenvalue weighted by molar-refractivity contribution is -0.123. The summed E-state index contributed by atoms with van der Waals surface area (Å²) in [5, 5.41) is 0. The second-order valence-electron chi connectivity index (χ2n) is 6.55. The highest BCUT2D eigenvalue weighted by Gasteiger charge is 2.40. The summed E-state index contributed by atoms with van der Waals surface area (Å²) < 4.78 is 5.52. The van der Waals surface area contributed by atoms with Gasteiger partial charge in [0.25, 0.3) is 0 Å². The van der Waals surface area contributed by atoms with Crippen LogP contribution in [0.3, 0.4) is 0 Å². The van der Waals surface area contributed by atoms with Gasteiger partial charge in [0.1, 0.15) is 5.78 Å². The third kappa shape index (κ3) is 3.04. The van der Waals surface area contributed by atoms with Crippen molar-refractivity contribution >= 4 is 5.78 Å². The average molecular weight is 287 g/mol. The van der Waals surface area contributed by atoms with Gasteiger partial charge in [-0.15, -0.1) is 0 Å². The Morgan fingerprint density at radius 2 is 1.95 bits per heavy atom. The molecule has 0 bridgehead atoms. The van der Waals surface area contributed by atoms with Gasteiger partial charge < -0.3 is 4.74 Å². The zero-order valence-corrected chi connectivity index (χ0v) is 12.9. The van der Waals surface area contributed by atoms with E-state index in [-0.39, 0.29) is 5.54 Å². The maximum absolute atomic E-state index is 11.7. The van der Waals surface area contributed by atoms with Crippen molar-refractivity contribution in [1.29, 1.82) is 0 Å². The molecule has 1 saturated heterocycles. The summed E-state index contributed by atoms with van der Waals surface area (Å²) in [6.07, 6.45) is 4.47. The molecule has 1 unspecified atom stereocenters. The number of carbonyl (C=O) groups is 1. The number of carbonyl (C=O) groups excluding carboxylic acids is 1. The average Bonchev–Trinajstić information content (AvgIpc) is 3.02. The predicted octanol–water partition coefficient (Wildman–Crippen LogP) is 2.99. The summed E-state index contributed by atoms with van der Waals surface area (Å²) in [5.41, 5.74) is 1.39. The molecule has 3 nitrogen and oxygen atoms in total. The molecule has 0 radical (unpaired) electrons. The van der Waals surface area contributed by atoms with Crippen molar-refractivity contribution < 1.29 is 9.53 Å². The highest BCUT2D eigenvalue weighted by molar-refractivity contribution is 5.79. The van der Waals surface area contributed by atoms with Gasteiger partial charge in [0.2, 0.25) is 0 Å². The highest BCUT2D eigenvalue weighted by Crippen LogP contribution is 2.41. The lowest BCUT2D eigenvalue weighted by atomic mass is 9.74. The first-order valence-electron chi connectivity index (χ1n) is 8.07. The maximum Gasteiger partial charge on any atom is 0.133 e. The number of ether oxygens (including phenoxy) is 1. The van der Waals surface area contributed by atoms with Gasteiger partial charge in [0, 0.05) is 31.5 Å². The van der Waals surface area contributed by atoms with Crippen LogP contribution in [0.5, 0.6) is 0 Å². The molecule has 0 N–H and O–H groups in total. The Hall–Kier alpha value is -1.19. The number of Topliss-reactive ketones (excluding diaryl/α,β-unsaturated/α-hetero) is 1. The van der Waals surface area contributed by atoms with Crippen molar-refractivity contribution in [3.05, 3.63) is 35.9 Å². The fourth-order valence-electron chi connectivity index (χ4n) is 3.87. The van der Waals surface area contributed by atoms with Crippen LogP contribution in [0.15, 0.2) is 30.3 Å². The fraction of sp³-hybridized carbons (Fsp3) is 0.611. The van der Waals surface area contributed by atoms with Crippen LogP contribution < -0.4 is 0 Å². The Bertz CT molecular complexity index is 469. The zero-order valence-electron chi connectivity index (χ0n) is 12.9. The van der Waals surface area contributed by atoms with Crippen LogP contribution in [0.1, 0.15) is 37.7 Å². The molecule has 1 aromatic carbocycles. The molecule has 0 amide bonds. The van der Waals surface area contributed by atoms with E-state index in [0.717, 1.165) is 39.0 Å². The van der Waals surface area contributed by atoms with Crippen LogP contribution in [0.25, 0.3) is 0 Å². The molecule has 1 aromatic rings. The summed E-state index contributed by atoms with van der Waals surface area (Å²) >= 11 is 0. The van der Waals surface area contributed by atoms with Gasteiger partial charge in [-0.25, -0.2) is 0 Å². The molecule has 1 heterocycles. The van der Waals surface area contributed by atoms with Crippen LogP contribution in [0.4, 0.5) is 0 Å². The monoisotopic (exact) mass is 287 g/mol. The third-order valence-electron chi connectivity index (χ3n) is 5.23. The van der Waals surface area contributed by atoms with Crippen molar-refractivity contribution in [2.45, 2.75) is 37.6 Å². The molecule has 3 rings (SSSR count). The number of benzene rings is 1. The molecule has 0 spiro atoms. The second-order valence-corrected chi connectivity index (χ2v) is 6.55. The molecule has 1 aliphatic carbocycles. The summed E-state index contributed by atoms with van der Waals surface area (Å²) in [6, 6.07) is 10.7. The summed E-state index contributed by atoms with van der Waals surface area (Å²) in [6.45, 7) is 2.84. The van der Waals surface area contributed by atoms with Gasteiger partial charge in [0.05, 0.1) is 6.61 Å². The summed E-state index contributed by atoms with van der Waals surface area (Å²) in [4.78, 5) is 14.2. The van der Waals surface area contributed by atoms with Crippen molar-refractivity contribution in [3.63, 3.8) is 0 Å². The lowest BCUT2D eigenvalue weighted by Gasteiger charge is -2.45. The Kier molecular flexibility index (Phi) is 4.41. The normalized spacial score (nSPS) is 25.4. The van der Waals surface area contributed by atoms with Gasteiger partial charge >= 0.3 is 0 Å². The Balaban J connectivity index is 1.83. The van der Waals surface area contributed by atoms with Gasteiger partial charge in [-0.3, -0.25) is 9.69 Å². The van der Waals surface area contributed by atoms with Crippen molar-refractivity contribution in [1.82, 2.24) is 4.90 Å². The second kappa shape index (κ2) is 6.29. The molecule has 2 aliphatic rings. The molecule has 3 heteroatoms. The highest BCUT2D eigenvalue weighted by atomic mass is 16.5. The quantitative estimate of drug-likeness (QED) is 0.852. The van der Waals surface area contributed by atoms with E-state index < -0.39 is 0 Å². The van der Waals surface area contributed by atoms with Crippen LogP contribution >= 0.6 is 0 Å². The zero-order chi connectivity index (χ0) is 14.7. The topological polar surface area (TPSA) is 29.5 Å². The first kappa shape index (κ1) is 14.7. The van der Waals surface area contributed by atoms with E-state index in [9.17, 15) is 4.79 Å². The summed E-state index contributed by atoms with van der Waals surface area (Å²) in [7, 11) is 2.22. The SMILES string of the molecule is CN(CC1CCOC1)C1(c2ccccc2)CCC(=O)CC1. The minimum Gasteiger partial charge on any atom is -0.381 e. The first-order valence-corrected chi connectivity index (χ1v) is 8.07. The minimum atomic E-state index is 0.0256. The van der Waals surface area contributed by atoms with E-state index in [2.05, 4.69) is 42.3 Å². The van der Waals surface area contributed by atoms with E-state index >= 15 is 0 Å². The molecule has 1 saturated carbocycles. The van der Waals surface area contributed by atoms with Crippen LogP contribution in [0, 0.1) is 5.92 Å². The lowest BCUT2D eigenvalue weighted by Crippen LogP contribution is -2.48. The smallest absolute Gasteiger partial charge is 0.133 e. The number of hydrogen-bond acceptors (Lipinski definition) is 3. The minimum absolute atomic E-state index is 0.0256. The van der Waals surface area contributed by atoms with E-state index in [1.165, 1.54) is 5.56 Å². The van der Waals surface area contributed by atoms with Gasteiger partial charge in [-0.1, -0.05) is 30.3 Å². The summed E-state index contributed by atoms with van der Waals surface area (Å²) in [5.74, 6) is 1.05. The molecule has 2 fully saturated rings. The van der Waals surface area contributed by atoms with Crippen molar-refractivity contribution in [3.8, 4) is 0 Å². The molecular formula is C18H25NO2. The third-order valence-corrected chi connectivity index (χ3v) is 5.23. The van der Waals surface area contributed by atoms with Gasteiger partial charge in [-0.05, 0) is 37.8 Å². The van der Waals surface area contributed by atoms with Crippen LogP contribution in [-0.4, -0.2) is 37.5 Å². The van der Waals surface area contributed by atoms with E-state index in [4.69, 9.17) is 4.74 Å². The van der Waals surface area contributed by atoms with Gasteiger partial charge in [0.15, 0.2) is 0 Å². The van der Waals surface area contributed by atoms with E-state index in [0.29, 0.717) is 24.5 Å². The Labute approximate surface area is 127 Å². The Morgan fingerprint density at radius 1 is 1.24 bits per heavy atom. The molecule has 1 atom stereocenters. The van der Waals surface area contributed by atoms with Crippen LogP contribution in [-0.2, 0) is 15.1 Å². The van der Waals surface area contributed by atoms with Gasteiger partial charge in [-0.2, -0.15) is 0 Å². The predicted molar refractivity (Wildman–Crippen MR) is 83.2 cm³/mol. The first-order chi connectivity index (χ1) is 10.2. The molecular weight excluding hydrogens is 262 g/mol. The molecule has 0 aromatic heterocycles. The number of ketones is 1. The standard InChI is InChI=1S/C18H25NO2/c1-19(13-15-9-12-21-14-15)18(10-7-17(20)8-11-18)16-5-3-2-4-6-16/h2-6,15H,7-14H2,1H3. The van der Waals surface area contributed by atoms with E-state index in [1.807, 2.05) is 0 Å². The molecule has 1 aliphatic heterocycles. The maximum atomic E-state index is 11.7. The number of rotatable bonds is 4. The molecule has 114 valence electrons. The van der Waals surface area contributed by atoms with Crippen LogP contribution in [0.2, 0.25) is 0 Å². The van der Waals surface area contributed by atoms with Crippen molar-refractivity contribution in [2.24, 2.45) is 5.92 Å². The fourth-order valence-corrected chi connectivity index (χ4v) is 3.87. The van der Waals surface area contributed by atoms with Crippen molar-refractivity contribution in [2.75, 3.05) is 26.8 Å². The van der Waals surface area contributed by atoms with E-state index in [1.54, 1.807) is 0 Å². The Morgan fingerprint density at radius 3 is 2.57 bits per heavy atom. The molecule has 21 heavy (non-hydrogen) atoms. The number of nitrogens with zero attached hydrogens (tertiary/aromatic N) is 1. The number of hydrogen-bond donors (Lipinski definition) is 0. The largest absolute Gasteiger partial charge is 0.381 e.